The second-order valence-corrected chi connectivity index (χ2v) is 5.01. The highest BCUT2D eigenvalue weighted by molar-refractivity contribution is 9.09. The zero-order valence-electron chi connectivity index (χ0n) is 10.4. The summed E-state index contributed by atoms with van der Waals surface area (Å²) in [6.07, 6.45) is 11.3. The fourth-order valence-electron chi connectivity index (χ4n) is 1.21. The smallest absolute Gasteiger partial charge is 0.0217 e. The van der Waals surface area contributed by atoms with Crippen molar-refractivity contribution in [2.24, 2.45) is 5.92 Å². The van der Waals surface area contributed by atoms with E-state index in [-0.39, 0.29) is 0 Å². The van der Waals surface area contributed by atoms with Crippen molar-refractivity contribution in [3.8, 4) is 0 Å². The molecule has 0 nitrogen and oxygen atoms in total. The van der Waals surface area contributed by atoms with Gasteiger partial charge in [0, 0.05) is 5.33 Å². The topological polar surface area (TPSA) is 0 Å². The molecule has 0 aromatic carbocycles. The predicted molar refractivity (Wildman–Crippen MR) is 74.5 cm³/mol. The molecule has 0 saturated carbocycles. The van der Waals surface area contributed by atoms with Crippen molar-refractivity contribution in [3.05, 3.63) is 35.5 Å². The van der Waals surface area contributed by atoms with Crippen LogP contribution in [-0.2, 0) is 0 Å². The Kier molecular flexibility index (Phi) is 8.79. The molecule has 0 rings (SSSR count). The zero-order valence-corrected chi connectivity index (χ0v) is 12.0. The van der Waals surface area contributed by atoms with Crippen molar-refractivity contribution in [1.82, 2.24) is 0 Å². The van der Waals surface area contributed by atoms with E-state index in [2.05, 4.69) is 67.9 Å². The van der Waals surface area contributed by atoms with Crippen molar-refractivity contribution in [2.75, 3.05) is 5.33 Å². The van der Waals surface area contributed by atoms with Crippen molar-refractivity contribution < 1.29 is 0 Å². The van der Waals surface area contributed by atoms with E-state index < -0.39 is 0 Å². The van der Waals surface area contributed by atoms with Crippen LogP contribution in [0.15, 0.2) is 35.5 Å². The van der Waals surface area contributed by atoms with Crippen LogP contribution in [-0.4, -0.2) is 5.33 Å². The largest absolute Gasteiger partial charge is 0.0883 e. The molecule has 0 aliphatic heterocycles. The second-order valence-electron chi connectivity index (χ2n) is 4.36. The molecule has 0 spiro atoms. The molecule has 0 aromatic heterocycles. The number of rotatable bonds is 6. The van der Waals surface area contributed by atoms with E-state index in [0.717, 1.165) is 17.7 Å². The molecule has 0 N–H and O–H groups in total. The Balaban J connectivity index is 3.85. The molecule has 0 heterocycles. The van der Waals surface area contributed by atoms with Gasteiger partial charge in [-0.25, -0.2) is 0 Å². The van der Waals surface area contributed by atoms with Crippen LogP contribution in [0.1, 0.15) is 40.5 Å². The summed E-state index contributed by atoms with van der Waals surface area (Å²) in [7, 11) is 0. The highest BCUT2D eigenvalue weighted by Gasteiger charge is 1.96. The van der Waals surface area contributed by atoms with Crippen LogP contribution >= 0.6 is 15.9 Å². The first kappa shape index (κ1) is 14.7. The van der Waals surface area contributed by atoms with Gasteiger partial charge in [0.25, 0.3) is 0 Å². The molecule has 0 aliphatic carbocycles. The molecule has 0 fully saturated rings. The fourth-order valence-corrected chi connectivity index (χ4v) is 1.72. The molecule has 1 atom stereocenters. The van der Waals surface area contributed by atoms with Gasteiger partial charge < -0.3 is 0 Å². The van der Waals surface area contributed by atoms with Crippen LogP contribution < -0.4 is 0 Å². The van der Waals surface area contributed by atoms with E-state index in [4.69, 9.17) is 0 Å². The van der Waals surface area contributed by atoms with Crippen LogP contribution in [0.4, 0.5) is 0 Å². The van der Waals surface area contributed by atoms with Crippen LogP contribution in [0.2, 0.25) is 0 Å². The van der Waals surface area contributed by atoms with Crippen molar-refractivity contribution in [3.63, 3.8) is 0 Å². The normalized spacial score (nSPS) is 14.3. The summed E-state index contributed by atoms with van der Waals surface area (Å²) in [6.45, 7) is 8.75. The third-order valence-corrected chi connectivity index (χ3v) is 2.57. The van der Waals surface area contributed by atoms with Crippen LogP contribution in [0.3, 0.4) is 0 Å². The molecule has 0 aromatic rings. The van der Waals surface area contributed by atoms with E-state index in [9.17, 15) is 0 Å². The van der Waals surface area contributed by atoms with Gasteiger partial charge in [0.15, 0.2) is 0 Å². The molecule has 15 heavy (non-hydrogen) atoms. The summed E-state index contributed by atoms with van der Waals surface area (Å²) in [5.74, 6) is 0.743. The summed E-state index contributed by atoms with van der Waals surface area (Å²) in [4.78, 5) is 0. The number of alkyl halides is 1. The van der Waals surface area contributed by atoms with Gasteiger partial charge in [0.1, 0.15) is 0 Å². The van der Waals surface area contributed by atoms with E-state index in [1.165, 1.54) is 17.6 Å². The molecule has 1 unspecified atom stereocenters. The minimum absolute atomic E-state index is 0.743. The lowest BCUT2D eigenvalue weighted by Gasteiger charge is -2.04. The molecule has 0 bridgehead atoms. The summed E-state index contributed by atoms with van der Waals surface area (Å²) in [6, 6.07) is 0. The summed E-state index contributed by atoms with van der Waals surface area (Å²) < 4.78 is 0. The lowest BCUT2D eigenvalue weighted by atomic mass is 10.0. The second kappa shape index (κ2) is 8.96. The molecular weight excluding hydrogens is 248 g/mol. The Morgan fingerprint density at radius 3 is 2.33 bits per heavy atom. The van der Waals surface area contributed by atoms with E-state index in [1.54, 1.807) is 0 Å². The minimum atomic E-state index is 0.743. The quantitative estimate of drug-likeness (QED) is 0.351. The van der Waals surface area contributed by atoms with Crippen molar-refractivity contribution in [1.29, 1.82) is 0 Å². The first-order chi connectivity index (χ1) is 7.06. The third kappa shape index (κ3) is 9.99. The van der Waals surface area contributed by atoms with Gasteiger partial charge in [0.2, 0.25) is 0 Å². The lowest BCUT2D eigenvalue weighted by molar-refractivity contribution is 0.601. The van der Waals surface area contributed by atoms with Crippen molar-refractivity contribution in [2.45, 2.75) is 40.5 Å². The fraction of sp³-hybridized carbons (Fsp3) is 0.571. The first-order valence-corrected chi connectivity index (χ1v) is 6.71. The molecular formula is C14H23Br. The third-order valence-electron chi connectivity index (χ3n) is 2.25. The van der Waals surface area contributed by atoms with E-state index in [1.807, 2.05) is 0 Å². The zero-order chi connectivity index (χ0) is 11.7. The van der Waals surface area contributed by atoms with Gasteiger partial charge in [-0.05, 0) is 39.5 Å². The molecule has 0 saturated heterocycles. The maximum absolute atomic E-state index is 3.39. The van der Waals surface area contributed by atoms with Gasteiger partial charge in [0.05, 0.1) is 0 Å². The molecule has 0 radical (unpaired) electrons. The van der Waals surface area contributed by atoms with E-state index >= 15 is 0 Å². The Hall–Kier alpha value is -0.300. The molecule has 0 aliphatic rings. The lowest BCUT2D eigenvalue weighted by Crippen LogP contribution is -1.90. The Labute approximate surface area is 103 Å². The SMILES string of the molecule is CC(C)=CCC(C)CC=CC(C)=CCBr. The molecule has 0 amide bonds. The monoisotopic (exact) mass is 270 g/mol. The van der Waals surface area contributed by atoms with Gasteiger partial charge in [-0.15, -0.1) is 0 Å². The average molecular weight is 271 g/mol. The van der Waals surface area contributed by atoms with Gasteiger partial charge in [-0.1, -0.05) is 58.3 Å². The summed E-state index contributed by atoms with van der Waals surface area (Å²) in [5.41, 5.74) is 2.75. The Morgan fingerprint density at radius 1 is 1.13 bits per heavy atom. The van der Waals surface area contributed by atoms with Crippen LogP contribution in [0.5, 0.6) is 0 Å². The highest BCUT2D eigenvalue weighted by atomic mass is 79.9. The standard InChI is InChI=1S/C14H23Br/c1-12(2)8-9-13(3)6-5-7-14(4)10-11-15/h5,7-8,10,13H,6,9,11H2,1-4H3. The maximum Gasteiger partial charge on any atom is 0.0217 e. The van der Waals surface area contributed by atoms with Crippen LogP contribution in [0.25, 0.3) is 0 Å². The summed E-state index contributed by atoms with van der Waals surface area (Å²) in [5, 5.41) is 0.941. The number of allylic oxidation sites excluding steroid dienone is 6. The van der Waals surface area contributed by atoms with Gasteiger partial charge in [-0.2, -0.15) is 0 Å². The van der Waals surface area contributed by atoms with Gasteiger partial charge >= 0.3 is 0 Å². The molecule has 86 valence electrons. The van der Waals surface area contributed by atoms with Gasteiger partial charge in [-0.3, -0.25) is 0 Å². The molecule has 1 heteroatoms. The number of halogens is 1. The average Bonchev–Trinajstić information content (AvgIpc) is 2.15. The highest BCUT2D eigenvalue weighted by Crippen LogP contribution is 2.11. The number of hydrogen-bond donors (Lipinski definition) is 0. The summed E-state index contributed by atoms with van der Waals surface area (Å²) >= 11 is 3.39. The Bertz CT molecular complexity index is 242. The number of hydrogen-bond acceptors (Lipinski definition) is 0. The minimum Gasteiger partial charge on any atom is -0.0883 e. The maximum atomic E-state index is 3.39. The Morgan fingerprint density at radius 2 is 1.80 bits per heavy atom. The first-order valence-electron chi connectivity index (χ1n) is 5.59. The predicted octanol–water partition coefficient (Wildman–Crippen LogP) is 5.27. The van der Waals surface area contributed by atoms with E-state index in [0.29, 0.717) is 0 Å². The van der Waals surface area contributed by atoms with Crippen molar-refractivity contribution >= 4 is 15.9 Å². The van der Waals surface area contributed by atoms with Crippen LogP contribution in [0, 0.1) is 5.92 Å².